The monoisotopic (exact) mass is 440 g/mol. The van der Waals surface area contributed by atoms with Gasteiger partial charge in [0.25, 0.3) is 5.91 Å². The number of amides is 1. The first kappa shape index (κ1) is 21.5. The summed E-state index contributed by atoms with van der Waals surface area (Å²) >= 11 is 12.5. The van der Waals surface area contributed by atoms with Crippen LogP contribution in [0.25, 0.3) is 0 Å². The summed E-state index contributed by atoms with van der Waals surface area (Å²) in [4.78, 5) is 13.1. The van der Waals surface area contributed by atoms with Crippen molar-refractivity contribution in [2.75, 3.05) is 32.8 Å². The number of quaternary nitrogens is 1. The predicted molar refractivity (Wildman–Crippen MR) is 109 cm³/mol. The number of halogens is 3. The van der Waals surface area contributed by atoms with E-state index in [2.05, 4.69) is 10.5 Å². The van der Waals surface area contributed by atoms with Crippen LogP contribution in [0.1, 0.15) is 11.1 Å². The van der Waals surface area contributed by atoms with Gasteiger partial charge in [0.2, 0.25) is 0 Å². The molecule has 1 aliphatic heterocycles. The number of carbonyl (C=O) groups excluding carboxylic acids is 1. The molecule has 1 saturated heterocycles. The van der Waals surface area contributed by atoms with Crippen LogP contribution in [0.15, 0.2) is 41.5 Å². The lowest BCUT2D eigenvalue weighted by Gasteiger charge is -2.22. The Morgan fingerprint density at radius 2 is 1.93 bits per heavy atom. The molecule has 0 bridgehead atoms. The molecule has 3 rings (SSSR count). The highest BCUT2D eigenvalue weighted by molar-refractivity contribution is 6.37. The number of ether oxygens (including phenoxy) is 2. The average molecular weight is 441 g/mol. The highest BCUT2D eigenvalue weighted by atomic mass is 35.5. The van der Waals surface area contributed by atoms with E-state index >= 15 is 0 Å². The fraction of sp³-hybridized carbons (Fsp3) is 0.300. The average Bonchev–Trinajstić information content (AvgIpc) is 2.69. The molecular formula is C20H21Cl2FN3O3+. The molecule has 2 N–H and O–H groups in total. The van der Waals surface area contributed by atoms with E-state index in [9.17, 15) is 9.18 Å². The van der Waals surface area contributed by atoms with E-state index in [4.69, 9.17) is 32.7 Å². The fourth-order valence-electron chi connectivity index (χ4n) is 2.84. The van der Waals surface area contributed by atoms with Crippen LogP contribution < -0.4 is 15.1 Å². The van der Waals surface area contributed by atoms with E-state index in [1.54, 1.807) is 30.3 Å². The molecule has 2 aromatic rings. The summed E-state index contributed by atoms with van der Waals surface area (Å²) < 4.78 is 24.6. The Hall–Kier alpha value is -2.19. The van der Waals surface area contributed by atoms with Crippen molar-refractivity contribution in [2.45, 2.75) is 6.61 Å². The van der Waals surface area contributed by atoms with E-state index in [0.717, 1.165) is 18.0 Å². The maximum absolute atomic E-state index is 13.7. The summed E-state index contributed by atoms with van der Waals surface area (Å²) in [6.07, 6.45) is 1.45. The van der Waals surface area contributed by atoms with Gasteiger partial charge in [-0.2, -0.15) is 5.10 Å². The minimum absolute atomic E-state index is 0.000516. The lowest BCUT2D eigenvalue weighted by atomic mass is 10.2. The molecule has 0 radical (unpaired) electrons. The molecule has 0 unspecified atom stereocenters. The minimum Gasteiger partial charge on any atom is -0.486 e. The molecule has 0 saturated carbocycles. The maximum Gasteiger partial charge on any atom is 0.295 e. The van der Waals surface area contributed by atoms with Gasteiger partial charge in [0.15, 0.2) is 12.3 Å². The molecule has 1 fully saturated rings. The Bertz CT molecular complexity index is 866. The van der Waals surface area contributed by atoms with E-state index in [1.807, 2.05) is 0 Å². The highest BCUT2D eigenvalue weighted by Crippen LogP contribution is 2.34. The quantitative estimate of drug-likeness (QED) is 0.511. The van der Waals surface area contributed by atoms with Gasteiger partial charge in [-0.15, -0.1) is 0 Å². The molecule has 6 nitrogen and oxygen atoms in total. The van der Waals surface area contributed by atoms with Crippen LogP contribution in [0.5, 0.6) is 5.75 Å². The third-order valence-electron chi connectivity index (χ3n) is 4.36. The number of carbonyl (C=O) groups is 1. The molecule has 9 heteroatoms. The Kier molecular flexibility index (Phi) is 7.83. The topological polar surface area (TPSA) is 64.4 Å². The number of hydrogen-bond acceptors (Lipinski definition) is 4. The van der Waals surface area contributed by atoms with Crippen molar-refractivity contribution in [3.8, 4) is 5.75 Å². The smallest absolute Gasteiger partial charge is 0.295 e. The zero-order valence-corrected chi connectivity index (χ0v) is 17.1. The normalized spacial score (nSPS) is 14.9. The molecule has 1 aliphatic rings. The molecule has 0 spiro atoms. The highest BCUT2D eigenvalue weighted by Gasteiger charge is 2.17. The summed E-state index contributed by atoms with van der Waals surface area (Å²) in [5.41, 5.74) is 3.49. The summed E-state index contributed by atoms with van der Waals surface area (Å²) in [6.45, 7) is 3.26. The molecule has 0 atom stereocenters. The summed E-state index contributed by atoms with van der Waals surface area (Å²) in [5, 5.41) is 4.47. The van der Waals surface area contributed by atoms with Crippen molar-refractivity contribution in [3.05, 3.63) is 63.4 Å². The lowest BCUT2D eigenvalue weighted by Crippen LogP contribution is -3.15. The van der Waals surface area contributed by atoms with Gasteiger partial charge in [-0.1, -0.05) is 41.4 Å². The second kappa shape index (κ2) is 10.5. The number of hydrogen-bond donors (Lipinski definition) is 2. The third-order valence-corrected chi connectivity index (χ3v) is 4.93. The van der Waals surface area contributed by atoms with Gasteiger partial charge in [0.1, 0.15) is 25.5 Å². The van der Waals surface area contributed by atoms with Gasteiger partial charge in [0.05, 0.1) is 29.5 Å². The molecule has 1 amide bonds. The van der Waals surface area contributed by atoms with Crippen molar-refractivity contribution < 1.29 is 23.6 Å². The second-order valence-electron chi connectivity index (χ2n) is 6.53. The summed E-state index contributed by atoms with van der Waals surface area (Å²) in [6, 6.07) is 9.52. The molecule has 0 aromatic heterocycles. The Labute approximate surface area is 178 Å². The van der Waals surface area contributed by atoms with Crippen LogP contribution >= 0.6 is 23.2 Å². The van der Waals surface area contributed by atoms with E-state index in [1.165, 1.54) is 12.3 Å². The molecular weight excluding hydrogens is 420 g/mol. The van der Waals surface area contributed by atoms with Gasteiger partial charge in [-0.3, -0.25) is 4.79 Å². The van der Waals surface area contributed by atoms with Gasteiger partial charge >= 0.3 is 0 Å². The molecule has 2 aromatic carbocycles. The maximum atomic E-state index is 13.7. The van der Waals surface area contributed by atoms with Crippen molar-refractivity contribution >= 4 is 35.3 Å². The van der Waals surface area contributed by atoms with Crippen LogP contribution in [-0.4, -0.2) is 45.0 Å². The largest absolute Gasteiger partial charge is 0.486 e. The minimum atomic E-state index is -0.363. The number of morpholine rings is 1. The van der Waals surface area contributed by atoms with Crippen molar-refractivity contribution in [1.82, 2.24) is 5.43 Å². The summed E-state index contributed by atoms with van der Waals surface area (Å²) in [7, 11) is 0. The standard InChI is InChI=1S/C20H20Cl2FN3O3/c21-16-9-14(11-24-25-19(27)12-26-5-7-28-8-6-26)10-17(22)20(16)29-13-15-3-1-2-4-18(15)23/h1-4,9-11H,5-8,12-13H2,(H,25,27)/p+1. The van der Waals surface area contributed by atoms with Gasteiger partial charge in [-0.25, -0.2) is 9.82 Å². The molecule has 29 heavy (non-hydrogen) atoms. The van der Waals surface area contributed by atoms with Crippen LogP contribution in [0.4, 0.5) is 4.39 Å². The van der Waals surface area contributed by atoms with Crippen molar-refractivity contribution in [1.29, 1.82) is 0 Å². The molecule has 154 valence electrons. The Balaban J connectivity index is 1.56. The Morgan fingerprint density at radius 1 is 1.24 bits per heavy atom. The van der Waals surface area contributed by atoms with Crippen LogP contribution in [0.2, 0.25) is 10.0 Å². The SMILES string of the molecule is O=C(C[NH+]1CCOCC1)NN=Cc1cc(Cl)c(OCc2ccccc2F)c(Cl)c1. The second-order valence-corrected chi connectivity index (χ2v) is 7.34. The van der Waals surface area contributed by atoms with Crippen LogP contribution in [-0.2, 0) is 16.1 Å². The first-order valence-corrected chi connectivity index (χ1v) is 9.87. The Morgan fingerprint density at radius 3 is 2.62 bits per heavy atom. The number of nitrogens with one attached hydrogen (secondary N) is 2. The van der Waals surface area contributed by atoms with E-state index in [-0.39, 0.29) is 34.1 Å². The van der Waals surface area contributed by atoms with Crippen molar-refractivity contribution in [2.24, 2.45) is 5.10 Å². The zero-order chi connectivity index (χ0) is 20.6. The zero-order valence-electron chi connectivity index (χ0n) is 15.6. The predicted octanol–water partition coefficient (Wildman–Crippen LogP) is 2.08. The first-order chi connectivity index (χ1) is 14.0. The number of benzene rings is 2. The van der Waals surface area contributed by atoms with E-state index < -0.39 is 0 Å². The fourth-order valence-corrected chi connectivity index (χ4v) is 3.45. The first-order valence-electron chi connectivity index (χ1n) is 9.11. The number of rotatable bonds is 7. The van der Waals surface area contributed by atoms with Gasteiger partial charge in [0, 0.05) is 5.56 Å². The van der Waals surface area contributed by atoms with Crippen LogP contribution in [0, 0.1) is 5.82 Å². The summed E-state index contributed by atoms with van der Waals surface area (Å²) in [5.74, 6) is -0.285. The molecule has 1 heterocycles. The van der Waals surface area contributed by atoms with Crippen LogP contribution in [0.3, 0.4) is 0 Å². The van der Waals surface area contributed by atoms with Gasteiger partial charge in [-0.05, 0) is 23.8 Å². The lowest BCUT2D eigenvalue weighted by molar-refractivity contribution is -0.900. The third kappa shape index (κ3) is 6.40. The van der Waals surface area contributed by atoms with E-state index in [0.29, 0.717) is 30.9 Å². The molecule has 0 aliphatic carbocycles. The van der Waals surface area contributed by atoms with Gasteiger partial charge < -0.3 is 14.4 Å². The van der Waals surface area contributed by atoms with Crippen molar-refractivity contribution in [3.63, 3.8) is 0 Å². The number of hydrazone groups is 1. The number of nitrogens with zero attached hydrogens (tertiary/aromatic N) is 1.